The van der Waals surface area contributed by atoms with Crippen LogP contribution < -0.4 is 10.0 Å². The molecule has 0 spiro atoms. The van der Waals surface area contributed by atoms with Gasteiger partial charge in [-0.25, -0.2) is 28.1 Å². The number of rotatable bonds is 6. The molecule has 0 atom stereocenters. The van der Waals surface area contributed by atoms with Crippen LogP contribution >= 0.6 is 0 Å². The van der Waals surface area contributed by atoms with Gasteiger partial charge in [-0.1, -0.05) is 0 Å². The van der Waals surface area contributed by atoms with E-state index in [-0.39, 0.29) is 40.2 Å². The van der Waals surface area contributed by atoms with Crippen LogP contribution in [0.3, 0.4) is 0 Å². The van der Waals surface area contributed by atoms with Crippen LogP contribution in [0, 0.1) is 17.2 Å². The third-order valence-corrected chi connectivity index (χ3v) is 6.56. The molecule has 0 saturated heterocycles. The Morgan fingerprint density at radius 3 is 2.59 bits per heavy atom. The van der Waals surface area contributed by atoms with Gasteiger partial charge >= 0.3 is 6.18 Å². The normalized spacial score (nSPS) is 19.1. The van der Waals surface area contributed by atoms with E-state index in [9.17, 15) is 26.9 Å². The van der Waals surface area contributed by atoms with Gasteiger partial charge in [0, 0.05) is 35.9 Å². The quantitative estimate of drug-likeness (QED) is 0.479. The first-order chi connectivity index (χ1) is 16.0. The average molecular weight is 494 g/mol. The van der Waals surface area contributed by atoms with E-state index >= 15 is 0 Å². The van der Waals surface area contributed by atoms with Gasteiger partial charge in [-0.2, -0.15) is 18.4 Å². The molecule has 1 saturated carbocycles. The van der Waals surface area contributed by atoms with E-state index < -0.39 is 21.8 Å². The van der Waals surface area contributed by atoms with Crippen molar-refractivity contribution in [2.24, 2.45) is 5.92 Å². The van der Waals surface area contributed by atoms with Crippen molar-refractivity contribution in [3.05, 3.63) is 35.8 Å². The molecule has 1 aliphatic rings. The Hall–Kier alpha value is -3.24. The van der Waals surface area contributed by atoms with Crippen LogP contribution in [0.4, 0.5) is 19.1 Å². The molecule has 3 aromatic heterocycles. The summed E-state index contributed by atoms with van der Waals surface area (Å²) in [7, 11) is -3.24. The number of fused-ring (bicyclic) bond motifs is 1. The van der Waals surface area contributed by atoms with E-state index in [2.05, 4.69) is 30.0 Å². The SMILES string of the molecule is CS(=O)(=O)NC1CCC(CNc2ncc(C#N)c(-c3c[nH]c4ncc(C(F)(F)F)cc34)n2)CC1. The van der Waals surface area contributed by atoms with Crippen LogP contribution in [0.5, 0.6) is 0 Å². The highest BCUT2D eigenvalue weighted by molar-refractivity contribution is 7.88. The molecular formula is C21H22F3N7O2S. The first-order valence-corrected chi connectivity index (χ1v) is 12.5. The van der Waals surface area contributed by atoms with Crippen molar-refractivity contribution in [2.45, 2.75) is 37.9 Å². The Labute approximate surface area is 193 Å². The molecule has 0 unspecified atom stereocenters. The number of pyridine rings is 1. The second-order valence-corrected chi connectivity index (χ2v) is 10.2. The molecule has 3 aromatic rings. The third-order valence-electron chi connectivity index (χ3n) is 5.80. The van der Waals surface area contributed by atoms with Gasteiger partial charge in [0.2, 0.25) is 16.0 Å². The van der Waals surface area contributed by atoms with Gasteiger partial charge in [-0.15, -0.1) is 0 Å². The second kappa shape index (κ2) is 9.19. The summed E-state index contributed by atoms with van der Waals surface area (Å²) in [5.41, 5.74) is -0.000173. The smallest absolute Gasteiger partial charge is 0.354 e. The van der Waals surface area contributed by atoms with E-state index in [1.54, 1.807) is 0 Å². The molecule has 3 heterocycles. The fourth-order valence-corrected chi connectivity index (χ4v) is 4.97. The zero-order chi connectivity index (χ0) is 24.5. The predicted molar refractivity (Wildman–Crippen MR) is 119 cm³/mol. The summed E-state index contributed by atoms with van der Waals surface area (Å²) in [4.78, 5) is 15.2. The van der Waals surface area contributed by atoms with Gasteiger partial charge in [-0.3, -0.25) is 0 Å². The summed E-state index contributed by atoms with van der Waals surface area (Å²) in [5, 5.41) is 12.8. The van der Waals surface area contributed by atoms with Gasteiger partial charge < -0.3 is 10.3 Å². The molecule has 0 aliphatic heterocycles. The van der Waals surface area contributed by atoms with Crippen LogP contribution in [0.25, 0.3) is 22.3 Å². The van der Waals surface area contributed by atoms with Crippen LogP contribution in [0.15, 0.2) is 24.7 Å². The maximum atomic E-state index is 13.2. The summed E-state index contributed by atoms with van der Waals surface area (Å²) < 4.78 is 65.0. The molecular weight excluding hydrogens is 471 g/mol. The Morgan fingerprint density at radius 1 is 1.21 bits per heavy atom. The fourth-order valence-electron chi connectivity index (χ4n) is 4.13. The molecule has 3 N–H and O–H groups in total. The number of aromatic nitrogens is 4. The minimum Gasteiger partial charge on any atom is -0.354 e. The maximum Gasteiger partial charge on any atom is 0.417 e. The molecule has 0 amide bonds. The topological polar surface area (TPSA) is 136 Å². The van der Waals surface area contributed by atoms with Gasteiger partial charge in [0.25, 0.3) is 0 Å². The number of H-pyrrole nitrogens is 1. The molecule has 1 fully saturated rings. The largest absolute Gasteiger partial charge is 0.417 e. The molecule has 9 nitrogen and oxygen atoms in total. The number of halogens is 3. The van der Waals surface area contributed by atoms with E-state index in [0.717, 1.165) is 44.2 Å². The number of nitriles is 1. The van der Waals surface area contributed by atoms with Crippen molar-refractivity contribution < 1.29 is 21.6 Å². The van der Waals surface area contributed by atoms with Crippen LogP contribution in [0.2, 0.25) is 0 Å². The van der Waals surface area contributed by atoms with Crippen molar-refractivity contribution in [1.29, 1.82) is 5.26 Å². The number of anilines is 1. The Balaban J connectivity index is 1.52. The number of aromatic amines is 1. The lowest BCUT2D eigenvalue weighted by Gasteiger charge is -2.28. The number of nitrogens with one attached hydrogen (secondary N) is 3. The lowest BCUT2D eigenvalue weighted by atomic mass is 9.86. The molecule has 34 heavy (non-hydrogen) atoms. The van der Waals surface area contributed by atoms with Crippen LogP contribution in [0.1, 0.15) is 36.8 Å². The summed E-state index contributed by atoms with van der Waals surface area (Å²) in [6.07, 6.45) is 3.23. The van der Waals surface area contributed by atoms with E-state index in [4.69, 9.17) is 0 Å². The monoisotopic (exact) mass is 493 g/mol. The number of hydrogen-bond donors (Lipinski definition) is 3. The van der Waals surface area contributed by atoms with Gasteiger partial charge in [0.1, 0.15) is 11.7 Å². The number of hydrogen-bond acceptors (Lipinski definition) is 7. The summed E-state index contributed by atoms with van der Waals surface area (Å²) >= 11 is 0. The molecule has 0 aromatic carbocycles. The van der Waals surface area contributed by atoms with E-state index in [0.29, 0.717) is 12.1 Å². The highest BCUT2D eigenvalue weighted by atomic mass is 32.2. The first kappa shape index (κ1) is 23.9. The van der Waals surface area contributed by atoms with E-state index in [1.165, 1.54) is 12.4 Å². The summed E-state index contributed by atoms with van der Waals surface area (Å²) in [6.45, 7) is 0.546. The molecule has 0 radical (unpaired) electrons. The molecule has 0 bridgehead atoms. The lowest BCUT2D eigenvalue weighted by Crippen LogP contribution is -2.37. The molecule has 1 aliphatic carbocycles. The molecule has 13 heteroatoms. The average Bonchev–Trinajstić information content (AvgIpc) is 3.20. The zero-order valence-electron chi connectivity index (χ0n) is 18.1. The Morgan fingerprint density at radius 2 is 1.94 bits per heavy atom. The number of sulfonamides is 1. The Bertz CT molecular complexity index is 1340. The predicted octanol–water partition coefficient (Wildman–Crippen LogP) is 3.43. The van der Waals surface area contributed by atoms with Crippen molar-refractivity contribution in [3.63, 3.8) is 0 Å². The highest BCUT2D eigenvalue weighted by Crippen LogP contribution is 2.35. The minimum atomic E-state index is -4.55. The van der Waals surface area contributed by atoms with Crippen molar-refractivity contribution in [2.75, 3.05) is 18.1 Å². The molecule has 4 rings (SSSR count). The number of nitrogens with zero attached hydrogens (tertiary/aromatic N) is 4. The fraction of sp³-hybridized carbons (Fsp3) is 0.429. The second-order valence-electron chi connectivity index (χ2n) is 8.38. The lowest BCUT2D eigenvalue weighted by molar-refractivity contribution is -0.137. The first-order valence-electron chi connectivity index (χ1n) is 10.6. The highest BCUT2D eigenvalue weighted by Gasteiger charge is 2.32. The van der Waals surface area contributed by atoms with Gasteiger partial charge in [-0.05, 0) is 37.7 Å². The van der Waals surface area contributed by atoms with Crippen molar-refractivity contribution in [3.8, 4) is 17.3 Å². The number of alkyl halides is 3. The van der Waals surface area contributed by atoms with Crippen molar-refractivity contribution >= 4 is 27.0 Å². The van der Waals surface area contributed by atoms with Crippen LogP contribution in [-0.2, 0) is 16.2 Å². The summed E-state index contributed by atoms with van der Waals surface area (Å²) in [5.74, 6) is 0.534. The standard InChI is InChI=1S/C21H22F3N7O2S/c1-34(32,33)31-15-4-2-12(3-5-15)8-28-20-29-9-13(7-25)18(30-20)17-11-27-19-16(17)6-14(10-26-19)21(22,23)24/h6,9-12,15,31H,2-5,8H2,1H3,(H,26,27)(H,28,29,30). The van der Waals surface area contributed by atoms with Gasteiger partial charge in [0.15, 0.2) is 0 Å². The zero-order valence-corrected chi connectivity index (χ0v) is 19.0. The maximum absolute atomic E-state index is 13.2. The minimum absolute atomic E-state index is 0.0684. The van der Waals surface area contributed by atoms with Crippen molar-refractivity contribution in [1.82, 2.24) is 24.7 Å². The summed E-state index contributed by atoms with van der Waals surface area (Å²) in [6, 6.07) is 2.90. The third kappa shape index (κ3) is 5.45. The molecule has 180 valence electrons. The Kier molecular flexibility index (Phi) is 6.46. The van der Waals surface area contributed by atoms with Crippen LogP contribution in [-0.4, -0.2) is 47.2 Å². The van der Waals surface area contributed by atoms with Gasteiger partial charge in [0.05, 0.1) is 29.3 Å². The van der Waals surface area contributed by atoms with E-state index in [1.807, 2.05) is 6.07 Å².